The number of likely N-dealkylation sites (tertiary alicyclic amines) is 2. The second-order valence-electron chi connectivity index (χ2n) is 5.11. The lowest BCUT2D eigenvalue weighted by atomic mass is 10.1. The number of nitrogens with zero attached hydrogens (tertiary/aromatic N) is 2. The van der Waals surface area contributed by atoms with Crippen molar-refractivity contribution in [3.05, 3.63) is 0 Å². The highest BCUT2D eigenvalue weighted by Crippen LogP contribution is 2.31. The van der Waals surface area contributed by atoms with Gasteiger partial charge in [-0.3, -0.25) is 0 Å². The van der Waals surface area contributed by atoms with E-state index in [-0.39, 0.29) is 6.03 Å². The summed E-state index contributed by atoms with van der Waals surface area (Å²) in [5, 5.41) is 0. The summed E-state index contributed by atoms with van der Waals surface area (Å²) in [5.74, 6) is -0.481. The van der Waals surface area contributed by atoms with E-state index in [2.05, 4.69) is 0 Å². The predicted molar refractivity (Wildman–Crippen MR) is 61.6 cm³/mol. The zero-order valence-electron chi connectivity index (χ0n) is 10.2. The Morgan fingerprint density at radius 1 is 0.941 bits per heavy atom. The molecule has 0 N–H and O–H groups in total. The van der Waals surface area contributed by atoms with Gasteiger partial charge < -0.3 is 19.3 Å². The van der Waals surface area contributed by atoms with Crippen molar-refractivity contribution in [3.8, 4) is 0 Å². The van der Waals surface area contributed by atoms with Gasteiger partial charge in [0.2, 0.25) is 0 Å². The summed E-state index contributed by atoms with van der Waals surface area (Å²) in [7, 11) is 0. The highest BCUT2D eigenvalue weighted by atomic mass is 16.7. The van der Waals surface area contributed by atoms with E-state index in [0.29, 0.717) is 19.8 Å². The van der Waals surface area contributed by atoms with Crippen molar-refractivity contribution in [3.63, 3.8) is 0 Å². The number of ether oxygens (including phenoxy) is 2. The Balaban J connectivity index is 1.59. The first-order valence-electron chi connectivity index (χ1n) is 6.61. The van der Waals surface area contributed by atoms with Crippen LogP contribution in [0.25, 0.3) is 0 Å². The lowest BCUT2D eigenvalue weighted by molar-refractivity contribution is -0.143. The molecule has 96 valence electrons. The predicted octanol–water partition coefficient (Wildman–Crippen LogP) is 1.04. The van der Waals surface area contributed by atoms with Crippen molar-refractivity contribution >= 4 is 6.03 Å². The lowest BCUT2D eigenvalue weighted by Crippen LogP contribution is -2.46. The largest absolute Gasteiger partial charge is 0.346 e. The smallest absolute Gasteiger partial charge is 0.320 e. The molecule has 1 spiro atoms. The molecular weight excluding hydrogens is 220 g/mol. The van der Waals surface area contributed by atoms with Crippen LogP contribution in [0.1, 0.15) is 25.7 Å². The highest BCUT2D eigenvalue weighted by Gasteiger charge is 2.45. The summed E-state index contributed by atoms with van der Waals surface area (Å²) in [6.07, 6.45) is 4.34. The third-order valence-electron chi connectivity index (χ3n) is 3.91. The van der Waals surface area contributed by atoms with Gasteiger partial charge in [-0.05, 0) is 19.3 Å². The maximum absolute atomic E-state index is 12.3. The van der Waals surface area contributed by atoms with Crippen LogP contribution in [-0.2, 0) is 9.47 Å². The molecule has 3 rings (SSSR count). The van der Waals surface area contributed by atoms with Gasteiger partial charge in [0.1, 0.15) is 0 Å². The van der Waals surface area contributed by atoms with E-state index >= 15 is 0 Å². The third kappa shape index (κ3) is 2.13. The topological polar surface area (TPSA) is 42.0 Å². The minimum atomic E-state index is -0.481. The van der Waals surface area contributed by atoms with E-state index in [1.54, 1.807) is 0 Å². The molecule has 0 saturated carbocycles. The number of urea groups is 1. The summed E-state index contributed by atoms with van der Waals surface area (Å²) in [6.45, 7) is 4.49. The maximum atomic E-state index is 12.3. The van der Waals surface area contributed by atoms with Crippen LogP contribution in [0.2, 0.25) is 0 Å². The molecule has 17 heavy (non-hydrogen) atoms. The van der Waals surface area contributed by atoms with Gasteiger partial charge in [0.25, 0.3) is 0 Å². The van der Waals surface area contributed by atoms with Crippen molar-refractivity contribution in [1.82, 2.24) is 9.80 Å². The number of piperidine rings is 1. The quantitative estimate of drug-likeness (QED) is 0.635. The second-order valence-corrected chi connectivity index (χ2v) is 5.11. The fourth-order valence-corrected chi connectivity index (χ4v) is 2.94. The van der Waals surface area contributed by atoms with E-state index in [9.17, 15) is 4.79 Å². The first kappa shape index (κ1) is 11.3. The standard InChI is InChI=1S/C12H20N2O3/c15-11(13-5-2-1-3-6-13)14-7-4-12(10-14)16-8-9-17-12/h1-10H2. The number of carbonyl (C=O) groups is 1. The molecule has 3 fully saturated rings. The van der Waals surface area contributed by atoms with Crippen molar-refractivity contribution in [2.75, 3.05) is 39.4 Å². The number of hydrogen-bond acceptors (Lipinski definition) is 3. The molecule has 3 heterocycles. The van der Waals surface area contributed by atoms with E-state index in [4.69, 9.17) is 9.47 Å². The van der Waals surface area contributed by atoms with Crippen LogP contribution in [-0.4, -0.2) is 61.0 Å². The average Bonchev–Trinajstić information content (AvgIpc) is 3.01. The van der Waals surface area contributed by atoms with Gasteiger partial charge in [-0.2, -0.15) is 0 Å². The molecule has 5 heteroatoms. The zero-order valence-corrected chi connectivity index (χ0v) is 10.2. The Bertz CT molecular complexity index is 296. The molecule has 5 nitrogen and oxygen atoms in total. The van der Waals surface area contributed by atoms with Gasteiger partial charge >= 0.3 is 6.03 Å². The summed E-state index contributed by atoms with van der Waals surface area (Å²) >= 11 is 0. The van der Waals surface area contributed by atoms with Gasteiger partial charge in [-0.1, -0.05) is 0 Å². The van der Waals surface area contributed by atoms with E-state index in [1.165, 1.54) is 6.42 Å². The lowest BCUT2D eigenvalue weighted by Gasteiger charge is -2.31. The van der Waals surface area contributed by atoms with Gasteiger partial charge in [0.05, 0.1) is 19.8 Å². The number of carbonyl (C=O) groups excluding carboxylic acids is 1. The molecule has 0 aromatic carbocycles. The molecule has 0 atom stereocenters. The Morgan fingerprint density at radius 2 is 1.65 bits per heavy atom. The van der Waals surface area contributed by atoms with Gasteiger partial charge in [-0.25, -0.2) is 4.79 Å². The van der Waals surface area contributed by atoms with Crippen LogP contribution in [0, 0.1) is 0 Å². The number of hydrogen-bond donors (Lipinski definition) is 0. The Hall–Kier alpha value is -0.810. The monoisotopic (exact) mass is 240 g/mol. The highest BCUT2D eigenvalue weighted by molar-refractivity contribution is 5.75. The first-order valence-corrected chi connectivity index (χ1v) is 6.61. The summed E-state index contributed by atoms with van der Waals surface area (Å²) in [5.41, 5.74) is 0. The molecule has 3 aliphatic rings. The summed E-state index contributed by atoms with van der Waals surface area (Å²) in [4.78, 5) is 16.1. The molecule has 3 aliphatic heterocycles. The Labute approximate surface area is 102 Å². The molecule has 3 saturated heterocycles. The maximum Gasteiger partial charge on any atom is 0.320 e. The van der Waals surface area contributed by atoms with Crippen LogP contribution in [0.15, 0.2) is 0 Å². The van der Waals surface area contributed by atoms with E-state index in [1.807, 2.05) is 9.80 Å². The Morgan fingerprint density at radius 3 is 2.35 bits per heavy atom. The van der Waals surface area contributed by atoms with Gasteiger partial charge in [-0.15, -0.1) is 0 Å². The summed E-state index contributed by atoms with van der Waals surface area (Å²) in [6, 6.07) is 0.167. The fraction of sp³-hybridized carbons (Fsp3) is 0.917. The van der Waals surface area contributed by atoms with E-state index in [0.717, 1.165) is 38.9 Å². The van der Waals surface area contributed by atoms with Crippen LogP contribution in [0.3, 0.4) is 0 Å². The average molecular weight is 240 g/mol. The molecular formula is C12H20N2O3. The molecule has 0 aliphatic carbocycles. The SMILES string of the molecule is O=C(N1CCCCC1)N1CCC2(C1)OCCO2. The fourth-order valence-electron chi connectivity index (χ4n) is 2.94. The molecule has 0 aromatic rings. The second kappa shape index (κ2) is 4.46. The molecule has 0 unspecified atom stereocenters. The first-order chi connectivity index (χ1) is 8.29. The molecule has 2 amide bonds. The number of rotatable bonds is 0. The normalized spacial score (nSPS) is 28.0. The third-order valence-corrected chi connectivity index (χ3v) is 3.91. The Kier molecular flexibility index (Phi) is 2.96. The number of amides is 2. The van der Waals surface area contributed by atoms with Crippen molar-refractivity contribution < 1.29 is 14.3 Å². The van der Waals surface area contributed by atoms with E-state index < -0.39 is 5.79 Å². The van der Waals surface area contributed by atoms with Crippen molar-refractivity contribution in [2.45, 2.75) is 31.5 Å². The van der Waals surface area contributed by atoms with Gasteiger partial charge in [0, 0.05) is 26.1 Å². The van der Waals surface area contributed by atoms with Crippen LogP contribution in [0.5, 0.6) is 0 Å². The summed E-state index contributed by atoms with van der Waals surface area (Å²) < 4.78 is 11.3. The van der Waals surface area contributed by atoms with Gasteiger partial charge in [0.15, 0.2) is 5.79 Å². The molecule has 0 aromatic heterocycles. The minimum absolute atomic E-state index is 0.167. The van der Waals surface area contributed by atoms with Crippen LogP contribution < -0.4 is 0 Å². The van der Waals surface area contributed by atoms with Crippen LogP contribution >= 0.6 is 0 Å². The van der Waals surface area contributed by atoms with Crippen molar-refractivity contribution in [1.29, 1.82) is 0 Å². The molecule has 0 bridgehead atoms. The zero-order chi connectivity index (χ0) is 11.7. The van der Waals surface area contributed by atoms with Crippen molar-refractivity contribution in [2.24, 2.45) is 0 Å². The minimum Gasteiger partial charge on any atom is -0.346 e. The molecule has 0 radical (unpaired) electrons. The van der Waals surface area contributed by atoms with Crippen LogP contribution in [0.4, 0.5) is 4.79 Å².